The predicted molar refractivity (Wildman–Crippen MR) is 47.3 cm³/mol. The molecule has 0 amide bonds. The Hall–Kier alpha value is 0.150. The van der Waals surface area contributed by atoms with E-state index in [1.807, 2.05) is 0 Å². The summed E-state index contributed by atoms with van der Waals surface area (Å²) in [4.78, 5) is 0. The number of aliphatic hydroxyl groups excluding tert-OH is 4. The van der Waals surface area contributed by atoms with E-state index in [1.165, 1.54) is 11.8 Å². The summed E-state index contributed by atoms with van der Waals surface area (Å²) < 4.78 is 5.13. The van der Waals surface area contributed by atoms with Crippen molar-refractivity contribution in [1.29, 1.82) is 0 Å². The monoisotopic (exact) mass is 210 g/mol. The maximum atomic E-state index is 9.38. The Balaban J connectivity index is 2.66. The van der Waals surface area contributed by atoms with Crippen molar-refractivity contribution in [1.82, 2.24) is 0 Å². The minimum Gasteiger partial charge on any atom is -0.394 e. The van der Waals surface area contributed by atoms with Crippen molar-refractivity contribution >= 4 is 11.8 Å². The van der Waals surface area contributed by atoms with Crippen LogP contribution in [0.3, 0.4) is 0 Å². The molecular weight excluding hydrogens is 196 g/mol. The van der Waals surface area contributed by atoms with Crippen molar-refractivity contribution in [3.63, 3.8) is 0 Å². The van der Waals surface area contributed by atoms with Crippen molar-refractivity contribution in [3.8, 4) is 0 Å². The zero-order chi connectivity index (χ0) is 10.0. The van der Waals surface area contributed by atoms with Gasteiger partial charge in [0.1, 0.15) is 29.9 Å². The summed E-state index contributed by atoms with van der Waals surface area (Å²) in [6.45, 7) is -0.373. The van der Waals surface area contributed by atoms with Gasteiger partial charge in [0.25, 0.3) is 0 Å². The molecule has 0 aromatic heterocycles. The molecule has 1 saturated heterocycles. The average Bonchev–Trinajstić information content (AvgIpc) is 2.15. The van der Waals surface area contributed by atoms with E-state index in [1.54, 1.807) is 6.26 Å². The number of hydrogen-bond acceptors (Lipinski definition) is 6. The molecule has 1 rings (SSSR count). The molecule has 6 heteroatoms. The summed E-state index contributed by atoms with van der Waals surface area (Å²) >= 11 is 1.22. The summed E-state index contributed by atoms with van der Waals surface area (Å²) in [6, 6.07) is 0. The first-order valence-corrected chi connectivity index (χ1v) is 5.24. The van der Waals surface area contributed by atoms with Crippen LogP contribution in [-0.2, 0) is 4.74 Å². The standard InChI is InChI=1S/C7H14O5S/c1-13-7-6(11)5(10)4(9)3(2-8)12-7/h3-11H,2H2,1H3/t3-,4-,5+,6-,7+/m0/s1. The van der Waals surface area contributed by atoms with E-state index in [9.17, 15) is 15.3 Å². The minimum absolute atomic E-state index is 0.373. The first-order valence-electron chi connectivity index (χ1n) is 3.95. The van der Waals surface area contributed by atoms with Gasteiger partial charge in [-0.25, -0.2) is 0 Å². The van der Waals surface area contributed by atoms with Gasteiger partial charge in [0.2, 0.25) is 0 Å². The Bertz CT molecular complexity index is 147. The van der Waals surface area contributed by atoms with Gasteiger partial charge < -0.3 is 25.2 Å². The second-order valence-corrected chi connectivity index (χ2v) is 3.87. The number of rotatable bonds is 2. The van der Waals surface area contributed by atoms with Crippen LogP contribution in [0.15, 0.2) is 0 Å². The molecule has 1 fully saturated rings. The van der Waals surface area contributed by atoms with Gasteiger partial charge in [0, 0.05) is 0 Å². The fourth-order valence-corrected chi connectivity index (χ4v) is 1.96. The first-order chi connectivity index (χ1) is 6.11. The molecule has 5 atom stereocenters. The molecular formula is C7H14O5S. The van der Waals surface area contributed by atoms with Crippen LogP contribution in [-0.4, -0.2) is 63.1 Å². The van der Waals surface area contributed by atoms with E-state index in [2.05, 4.69) is 0 Å². The van der Waals surface area contributed by atoms with E-state index in [-0.39, 0.29) is 6.61 Å². The Morgan fingerprint density at radius 3 is 2.23 bits per heavy atom. The molecule has 0 bridgehead atoms. The number of aliphatic hydroxyl groups is 4. The minimum atomic E-state index is -1.26. The van der Waals surface area contributed by atoms with Crippen molar-refractivity contribution in [2.45, 2.75) is 29.9 Å². The van der Waals surface area contributed by atoms with Crippen LogP contribution in [0.4, 0.5) is 0 Å². The van der Waals surface area contributed by atoms with Crippen molar-refractivity contribution in [2.75, 3.05) is 12.9 Å². The number of hydrogen-bond donors (Lipinski definition) is 4. The second kappa shape index (κ2) is 4.59. The molecule has 0 radical (unpaired) electrons. The van der Waals surface area contributed by atoms with E-state index in [4.69, 9.17) is 9.84 Å². The molecule has 0 saturated carbocycles. The number of thioether (sulfide) groups is 1. The topological polar surface area (TPSA) is 90.2 Å². The third-order valence-corrected chi connectivity index (χ3v) is 2.94. The van der Waals surface area contributed by atoms with Crippen LogP contribution >= 0.6 is 11.8 Å². The van der Waals surface area contributed by atoms with Crippen LogP contribution in [0.25, 0.3) is 0 Å². The van der Waals surface area contributed by atoms with Crippen LogP contribution < -0.4 is 0 Å². The van der Waals surface area contributed by atoms with Gasteiger partial charge in [-0.3, -0.25) is 0 Å². The maximum Gasteiger partial charge on any atom is 0.132 e. The van der Waals surface area contributed by atoms with Crippen molar-refractivity contribution < 1.29 is 25.2 Å². The Labute approximate surface area is 80.3 Å². The van der Waals surface area contributed by atoms with Gasteiger partial charge in [-0.05, 0) is 6.26 Å². The molecule has 0 unspecified atom stereocenters. The highest BCUT2D eigenvalue weighted by Crippen LogP contribution is 2.26. The summed E-state index contributed by atoms with van der Waals surface area (Å²) in [7, 11) is 0. The van der Waals surface area contributed by atoms with Gasteiger partial charge in [0.05, 0.1) is 6.61 Å². The Morgan fingerprint density at radius 2 is 1.77 bits per heavy atom. The molecule has 4 N–H and O–H groups in total. The van der Waals surface area contributed by atoms with E-state index >= 15 is 0 Å². The molecule has 1 aliphatic heterocycles. The van der Waals surface area contributed by atoms with Gasteiger partial charge >= 0.3 is 0 Å². The zero-order valence-corrected chi connectivity index (χ0v) is 8.02. The lowest BCUT2D eigenvalue weighted by Gasteiger charge is -2.39. The summed E-state index contributed by atoms with van der Waals surface area (Å²) in [6.07, 6.45) is -2.72. The maximum absolute atomic E-state index is 9.38. The molecule has 0 aromatic rings. The number of ether oxygens (including phenoxy) is 1. The highest BCUT2D eigenvalue weighted by atomic mass is 32.2. The largest absolute Gasteiger partial charge is 0.394 e. The van der Waals surface area contributed by atoms with Crippen LogP contribution in [0, 0.1) is 0 Å². The highest BCUT2D eigenvalue weighted by molar-refractivity contribution is 7.99. The summed E-state index contributed by atoms with van der Waals surface area (Å²) in [5.74, 6) is 0. The molecule has 0 aromatic carbocycles. The molecule has 78 valence electrons. The van der Waals surface area contributed by atoms with Crippen molar-refractivity contribution in [3.05, 3.63) is 0 Å². The van der Waals surface area contributed by atoms with Crippen LogP contribution in [0.1, 0.15) is 0 Å². The fraction of sp³-hybridized carbons (Fsp3) is 1.00. The first kappa shape index (κ1) is 11.2. The molecule has 13 heavy (non-hydrogen) atoms. The van der Waals surface area contributed by atoms with Gasteiger partial charge in [0.15, 0.2) is 0 Å². The third kappa shape index (κ3) is 2.15. The lowest BCUT2D eigenvalue weighted by atomic mass is 10.0. The van der Waals surface area contributed by atoms with Gasteiger partial charge in [-0.1, -0.05) is 0 Å². The second-order valence-electron chi connectivity index (χ2n) is 2.93. The molecule has 1 aliphatic rings. The van der Waals surface area contributed by atoms with Crippen molar-refractivity contribution in [2.24, 2.45) is 0 Å². The quantitative estimate of drug-likeness (QED) is 0.428. The molecule has 0 spiro atoms. The predicted octanol–water partition coefficient (Wildman–Crippen LogP) is -1.85. The molecule has 0 aliphatic carbocycles. The summed E-state index contributed by atoms with van der Waals surface area (Å²) in [5.41, 5.74) is -0.601. The lowest BCUT2D eigenvalue weighted by molar-refractivity contribution is -0.205. The SMILES string of the molecule is CS[C@H]1O[C@@H](CO)[C@H](O)[C@@H](O)[C@@H]1O. The Morgan fingerprint density at radius 1 is 1.15 bits per heavy atom. The van der Waals surface area contributed by atoms with E-state index in [0.717, 1.165) is 0 Å². The average molecular weight is 210 g/mol. The van der Waals surface area contributed by atoms with E-state index < -0.39 is 29.9 Å². The normalized spacial score (nSPS) is 46.4. The zero-order valence-electron chi connectivity index (χ0n) is 7.20. The fourth-order valence-electron chi connectivity index (χ4n) is 1.26. The van der Waals surface area contributed by atoms with Crippen LogP contribution in [0.5, 0.6) is 0 Å². The third-order valence-electron chi connectivity index (χ3n) is 2.08. The smallest absolute Gasteiger partial charge is 0.132 e. The van der Waals surface area contributed by atoms with Crippen LogP contribution in [0.2, 0.25) is 0 Å². The van der Waals surface area contributed by atoms with Gasteiger partial charge in [-0.2, -0.15) is 0 Å². The van der Waals surface area contributed by atoms with E-state index in [0.29, 0.717) is 0 Å². The lowest BCUT2D eigenvalue weighted by Crippen LogP contribution is -2.57. The summed E-state index contributed by atoms with van der Waals surface area (Å²) in [5, 5.41) is 36.8. The highest BCUT2D eigenvalue weighted by Gasteiger charge is 2.42. The molecule has 5 nitrogen and oxygen atoms in total. The van der Waals surface area contributed by atoms with Gasteiger partial charge in [-0.15, -0.1) is 11.8 Å². The Kier molecular flexibility index (Phi) is 3.96. The molecule has 1 heterocycles.